The van der Waals surface area contributed by atoms with E-state index in [1.54, 1.807) is 12.1 Å². The zero-order chi connectivity index (χ0) is 21.3. The van der Waals surface area contributed by atoms with Crippen LogP contribution in [0.25, 0.3) is 0 Å². The molecule has 1 fully saturated rings. The number of nitrogens with zero attached hydrogens (tertiary/aromatic N) is 3. The van der Waals surface area contributed by atoms with Gasteiger partial charge < -0.3 is 10.2 Å². The Morgan fingerprint density at radius 1 is 1.23 bits per heavy atom. The van der Waals surface area contributed by atoms with Crippen LogP contribution < -0.4 is 10.2 Å². The lowest BCUT2D eigenvalue weighted by Crippen LogP contribution is -2.60. The third kappa shape index (κ3) is 4.13. The first-order valence-corrected chi connectivity index (χ1v) is 10.6. The first kappa shape index (κ1) is 20.6. The summed E-state index contributed by atoms with van der Waals surface area (Å²) < 4.78 is 0. The van der Waals surface area contributed by atoms with Gasteiger partial charge in [-0.3, -0.25) is 19.8 Å². The van der Waals surface area contributed by atoms with Crippen molar-refractivity contribution >= 4 is 28.9 Å². The fourth-order valence-electron chi connectivity index (χ4n) is 4.58. The van der Waals surface area contributed by atoms with Crippen LogP contribution in [0, 0.1) is 16.0 Å². The number of anilines is 1. The number of nitrogens with one attached hydrogen (secondary N) is 1. The smallest absolute Gasteiger partial charge is 0.269 e. The van der Waals surface area contributed by atoms with Crippen LogP contribution in [0.4, 0.5) is 11.4 Å². The molecular formula is C22H25ClN4O3. The molecule has 0 aromatic heterocycles. The Bertz CT molecular complexity index is 950. The molecule has 1 amide bonds. The van der Waals surface area contributed by atoms with Gasteiger partial charge in [0.15, 0.2) is 0 Å². The summed E-state index contributed by atoms with van der Waals surface area (Å²) in [4.78, 5) is 28.4. The molecule has 0 saturated carbocycles. The molecule has 0 bridgehead atoms. The van der Waals surface area contributed by atoms with Crippen molar-refractivity contribution in [3.8, 4) is 0 Å². The summed E-state index contributed by atoms with van der Waals surface area (Å²) in [5.41, 5.74) is 3.15. The third-order valence-corrected chi connectivity index (χ3v) is 6.25. The van der Waals surface area contributed by atoms with Gasteiger partial charge in [0.2, 0.25) is 5.91 Å². The lowest BCUT2D eigenvalue weighted by molar-refractivity contribution is -0.384. The van der Waals surface area contributed by atoms with Gasteiger partial charge in [0.25, 0.3) is 5.69 Å². The average molecular weight is 429 g/mol. The highest BCUT2D eigenvalue weighted by Crippen LogP contribution is 2.38. The number of carbonyl (C=O) groups is 1. The van der Waals surface area contributed by atoms with Crippen LogP contribution in [0.15, 0.2) is 42.5 Å². The molecule has 158 valence electrons. The molecule has 0 spiro atoms. The van der Waals surface area contributed by atoms with Crippen molar-refractivity contribution in [3.63, 3.8) is 0 Å². The van der Waals surface area contributed by atoms with Gasteiger partial charge in [0.1, 0.15) is 0 Å². The van der Waals surface area contributed by atoms with E-state index in [9.17, 15) is 14.9 Å². The number of hydrogen-bond donors (Lipinski definition) is 1. The zero-order valence-corrected chi connectivity index (χ0v) is 17.6. The van der Waals surface area contributed by atoms with Gasteiger partial charge in [0, 0.05) is 55.6 Å². The number of non-ortho nitro benzene ring substituents is 1. The fraction of sp³-hybridized carbons (Fsp3) is 0.409. The Balaban J connectivity index is 1.60. The predicted molar refractivity (Wildman–Crippen MR) is 117 cm³/mol. The van der Waals surface area contributed by atoms with Gasteiger partial charge in [-0.1, -0.05) is 23.7 Å². The minimum Gasteiger partial charge on any atom is -0.365 e. The maximum absolute atomic E-state index is 12.9. The van der Waals surface area contributed by atoms with Crippen molar-refractivity contribution in [2.24, 2.45) is 5.92 Å². The molecule has 7 nitrogen and oxygen atoms in total. The highest BCUT2D eigenvalue weighted by atomic mass is 35.5. The van der Waals surface area contributed by atoms with Crippen LogP contribution in [-0.4, -0.2) is 48.0 Å². The average Bonchev–Trinajstić information content (AvgIpc) is 2.74. The molecule has 2 aromatic carbocycles. The number of piperazine rings is 1. The number of carbonyl (C=O) groups excluding carboxylic acids is 1. The first-order valence-electron chi connectivity index (χ1n) is 10.2. The van der Waals surface area contributed by atoms with E-state index in [2.05, 4.69) is 15.1 Å². The van der Waals surface area contributed by atoms with E-state index in [0.29, 0.717) is 13.0 Å². The molecular weight excluding hydrogens is 404 g/mol. The highest BCUT2D eigenvalue weighted by molar-refractivity contribution is 6.30. The van der Waals surface area contributed by atoms with E-state index in [1.807, 2.05) is 37.3 Å². The maximum atomic E-state index is 12.9. The number of amides is 1. The summed E-state index contributed by atoms with van der Waals surface area (Å²) in [6.45, 7) is 5.68. The second kappa shape index (κ2) is 8.62. The molecule has 30 heavy (non-hydrogen) atoms. The molecule has 2 atom stereocenters. The summed E-state index contributed by atoms with van der Waals surface area (Å²) in [6.07, 6.45) is 0.513. The summed E-state index contributed by atoms with van der Waals surface area (Å²) in [6, 6.07) is 12.9. The quantitative estimate of drug-likeness (QED) is 0.584. The molecule has 0 radical (unpaired) electrons. The van der Waals surface area contributed by atoms with Crippen LogP contribution in [0.1, 0.15) is 18.1 Å². The van der Waals surface area contributed by atoms with Crippen LogP contribution in [0.5, 0.6) is 0 Å². The standard InChI is InChI=1S/C22H25ClN4O3/c1-2-24-22(28)19-12-16-11-18(27(29)30)7-8-20(16)26-10-9-25(14-21(19)26)13-15-3-5-17(23)6-4-15/h3-8,11,19,21H,2,9-10,12-14H2,1H3,(H,24,28)/t19-,21-/m1/s1. The Kier molecular flexibility index (Phi) is 5.92. The lowest BCUT2D eigenvalue weighted by Gasteiger charge is -2.49. The van der Waals surface area contributed by atoms with Crippen LogP contribution in [0.2, 0.25) is 5.02 Å². The highest BCUT2D eigenvalue weighted by Gasteiger charge is 2.41. The minimum atomic E-state index is -0.377. The van der Waals surface area contributed by atoms with Crippen molar-refractivity contribution in [2.75, 3.05) is 31.1 Å². The number of fused-ring (bicyclic) bond motifs is 3. The summed E-state index contributed by atoms with van der Waals surface area (Å²) in [5.74, 6) is -0.231. The van der Waals surface area contributed by atoms with Gasteiger partial charge in [-0.15, -0.1) is 0 Å². The van der Waals surface area contributed by atoms with Crippen molar-refractivity contribution in [1.82, 2.24) is 10.2 Å². The summed E-state index contributed by atoms with van der Waals surface area (Å²) in [5, 5.41) is 14.9. The zero-order valence-electron chi connectivity index (χ0n) is 16.9. The molecule has 0 unspecified atom stereocenters. The molecule has 1 N–H and O–H groups in total. The predicted octanol–water partition coefficient (Wildman–Crippen LogP) is 3.25. The Hall–Kier alpha value is -2.64. The normalized spacial score (nSPS) is 20.9. The van der Waals surface area contributed by atoms with Crippen molar-refractivity contribution in [3.05, 3.63) is 68.7 Å². The number of rotatable bonds is 5. The minimum absolute atomic E-state index is 0.0120. The van der Waals surface area contributed by atoms with Gasteiger partial charge in [0.05, 0.1) is 16.9 Å². The Morgan fingerprint density at radius 2 is 2.00 bits per heavy atom. The number of nitro groups is 1. The lowest BCUT2D eigenvalue weighted by atomic mass is 9.83. The summed E-state index contributed by atoms with van der Waals surface area (Å²) >= 11 is 6.00. The van der Waals surface area contributed by atoms with Gasteiger partial charge in [-0.05, 0) is 42.7 Å². The summed E-state index contributed by atoms with van der Waals surface area (Å²) in [7, 11) is 0. The van der Waals surface area contributed by atoms with Crippen molar-refractivity contribution < 1.29 is 9.72 Å². The van der Waals surface area contributed by atoms with E-state index < -0.39 is 0 Å². The molecule has 2 aliphatic rings. The van der Waals surface area contributed by atoms with Crippen molar-refractivity contribution in [1.29, 1.82) is 0 Å². The van der Waals surface area contributed by atoms with Crippen LogP contribution in [-0.2, 0) is 17.8 Å². The van der Waals surface area contributed by atoms with Crippen LogP contribution >= 0.6 is 11.6 Å². The van der Waals surface area contributed by atoms with E-state index in [1.165, 1.54) is 5.56 Å². The first-order chi connectivity index (χ1) is 14.5. The molecule has 8 heteroatoms. The number of benzene rings is 2. The number of halogens is 1. The van der Waals surface area contributed by atoms with E-state index in [4.69, 9.17) is 11.6 Å². The topological polar surface area (TPSA) is 78.7 Å². The van der Waals surface area contributed by atoms with Gasteiger partial charge in [-0.2, -0.15) is 0 Å². The molecule has 1 saturated heterocycles. The largest absolute Gasteiger partial charge is 0.365 e. The van der Waals surface area contributed by atoms with Gasteiger partial charge in [-0.25, -0.2) is 0 Å². The number of hydrogen-bond acceptors (Lipinski definition) is 5. The maximum Gasteiger partial charge on any atom is 0.269 e. The van der Waals surface area contributed by atoms with Crippen LogP contribution in [0.3, 0.4) is 0 Å². The second-order valence-corrected chi connectivity index (χ2v) is 8.33. The van der Waals surface area contributed by atoms with E-state index in [0.717, 1.165) is 42.5 Å². The van der Waals surface area contributed by atoms with E-state index in [-0.39, 0.29) is 28.5 Å². The molecule has 2 aliphatic heterocycles. The molecule has 4 rings (SSSR count). The Labute approximate surface area is 180 Å². The van der Waals surface area contributed by atoms with Gasteiger partial charge >= 0.3 is 0 Å². The second-order valence-electron chi connectivity index (χ2n) is 7.90. The SMILES string of the molecule is CCNC(=O)[C@@H]1Cc2cc([N+](=O)[O-])ccc2N2CCN(Cc3ccc(Cl)cc3)C[C@H]12. The monoisotopic (exact) mass is 428 g/mol. The molecule has 0 aliphatic carbocycles. The van der Waals surface area contributed by atoms with Crippen molar-refractivity contribution in [2.45, 2.75) is 25.9 Å². The fourth-order valence-corrected chi connectivity index (χ4v) is 4.71. The third-order valence-electron chi connectivity index (χ3n) is 6.00. The Morgan fingerprint density at radius 3 is 2.70 bits per heavy atom. The van der Waals surface area contributed by atoms with E-state index >= 15 is 0 Å². The molecule has 2 aromatic rings. The molecule has 2 heterocycles. The number of nitro benzene ring substituents is 1.